The molecule has 1 aromatic heterocycles. The molecular weight excluding hydrogens is 318 g/mol. The number of nitrogens with zero attached hydrogens (tertiary/aromatic N) is 3. The third-order valence-corrected chi connectivity index (χ3v) is 5.78. The van der Waals surface area contributed by atoms with Gasteiger partial charge < -0.3 is 19.3 Å². The zero-order valence-electron chi connectivity index (χ0n) is 14.7. The zero-order chi connectivity index (χ0) is 17.1. The van der Waals surface area contributed by atoms with Gasteiger partial charge in [-0.1, -0.05) is 6.07 Å². The van der Waals surface area contributed by atoms with Gasteiger partial charge in [0.1, 0.15) is 0 Å². The van der Waals surface area contributed by atoms with Crippen molar-refractivity contribution in [3.05, 3.63) is 24.4 Å². The molecule has 2 amide bonds. The molecule has 0 saturated carbocycles. The average molecular weight is 345 g/mol. The van der Waals surface area contributed by atoms with E-state index < -0.39 is 0 Å². The number of aromatic nitrogens is 1. The van der Waals surface area contributed by atoms with Crippen LogP contribution in [0.3, 0.4) is 0 Å². The van der Waals surface area contributed by atoms with Crippen LogP contribution >= 0.6 is 0 Å². The summed E-state index contributed by atoms with van der Waals surface area (Å²) in [5.74, 6) is 0.643. The number of pyridine rings is 1. The summed E-state index contributed by atoms with van der Waals surface area (Å²) in [7, 11) is 0. The second kappa shape index (κ2) is 7.20. The van der Waals surface area contributed by atoms with Crippen molar-refractivity contribution in [3.8, 4) is 5.88 Å². The lowest BCUT2D eigenvalue weighted by molar-refractivity contribution is -0.134. The standard InChI is InChI=1S/C19H27N3O3/c23-18(21-10-3-4-11-21)22-12-7-16-19(14-22,8-5-13-24-16)15-25-17-6-1-2-9-20-17/h1-2,6,9,16H,3-5,7-8,10-15H2/t16-,19-/m1/s1. The summed E-state index contributed by atoms with van der Waals surface area (Å²) in [6, 6.07) is 5.89. The smallest absolute Gasteiger partial charge is 0.320 e. The first kappa shape index (κ1) is 16.6. The number of fused-ring (bicyclic) bond motifs is 1. The fourth-order valence-corrected chi connectivity index (χ4v) is 4.42. The molecule has 1 aromatic rings. The largest absolute Gasteiger partial charge is 0.477 e. The van der Waals surface area contributed by atoms with Crippen LogP contribution < -0.4 is 4.74 Å². The van der Waals surface area contributed by atoms with Crippen LogP contribution in [0.1, 0.15) is 32.1 Å². The number of rotatable bonds is 3. The number of piperidine rings is 1. The van der Waals surface area contributed by atoms with Crippen LogP contribution in [-0.2, 0) is 4.74 Å². The Balaban J connectivity index is 1.47. The van der Waals surface area contributed by atoms with E-state index in [1.54, 1.807) is 6.20 Å². The second-order valence-electron chi connectivity index (χ2n) is 7.47. The highest BCUT2D eigenvalue weighted by atomic mass is 16.5. The monoisotopic (exact) mass is 345 g/mol. The van der Waals surface area contributed by atoms with Crippen LogP contribution in [0.25, 0.3) is 0 Å². The van der Waals surface area contributed by atoms with E-state index in [-0.39, 0.29) is 17.6 Å². The van der Waals surface area contributed by atoms with Gasteiger partial charge in [0.05, 0.1) is 12.7 Å². The average Bonchev–Trinajstić information content (AvgIpc) is 3.21. The van der Waals surface area contributed by atoms with E-state index in [4.69, 9.17) is 9.47 Å². The molecule has 6 nitrogen and oxygen atoms in total. The third-order valence-electron chi connectivity index (χ3n) is 5.78. The fraction of sp³-hybridized carbons (Fsp3) is 0.684. The molecule has 3 aliphatic rings. The quantitative estimate of drug-likeness (QED) is 0.845. The summed E-state index contributed by atoms with van der Waals surface area (Å²) in [4.78, 5) is 21.1. The van der Waals surface area contributed by atoms with Gasteiger partial charge in [-0.3, -0.25) is 0 Å². The van der Waals surface area contributed by atoms with E-state index >= 15 is 0 Å². The molecule has 3 aliphatic heterocycles. The maximum atomic E-state index is 12.8. The highest BCUT2D eigenvalue weighted by Gasteiger charge is 2.48. The zero-order valence-corrected chi connectivity index (χ0v) is 14.7. The third kappa shape index (κ3) is 3.45. The van der Waals surface area contributed by atoms with Crippen molar-refractivity contribution >= 4 is 6.03 Å². The summed E-state index contributed by atoms with van der Waals surface area (Å²) in [6.07, 6.45) is 7.12. The Hall–Kier alpha value is -1.82. The minimum Gasteiger partial charge on any atom is -0.477 e. The van der Waals surface area contributed by atoms with Gasteiger partial charge in [0.15, 0.2) is 0 Å². The van der Waals surface area contributed by atoms with Crippen molar-refractivity contribution in [1.29, 1.82) is 0 Å². The molecule has 0 spiro atoms. The molecule has 3 saturated heterocycles. The number of amides is 2. The Morgan fingerprint density at radius 1 is 1.24 bits per heavy atom. The van der Waals surface area contributed by atoms with Gasteiger partial charge >= 0.3 is 6.03 Å². The lowest BCUT2D eigenvalue weighted by atomic mass is 9.73. The Morgan fingerprint density at radius 3 is 2.92 bits per heavy atom. The molecule has 2 atom stereocenters. The topological polar surface area (TPSA) is 54.9 Å². The first-order valence-electron chi connectivity index (χ1n) is 9.46. The van der Waals surface area contributed by atoms with Gasteiger partial charge in [-0.05, 0) is 38.2 Å². The molecule has 0 aromatic carbocycles. The van der Waals surface area contributed by atoms with E-state index in [9.17, 15) is 4.79 Å². The van der Waals surface area contributed by atoms with Gasteiger partial charge in [0.2, 0.25) is 5.88 Å². The number of hydrogen-bond donors (Lipinski definition) is 0. The minimum absolute atomic E-state index is 0.122. The van der Waals surface area contributed by atoms with Crippen LogP contribution in [-0.4, -0.2) is 66.3 Å². The van der Waals surface area contributed by atoms with Crippen molar-refractivity contribution in [3.63, 3.8) is 0 Å². The number of carbonyl (C=O) groups excluding carboxylic acids is 1. The number of urea groups is 1. The normalized spacial score (nSPS) is 29.4. The molecule has 0 bridgehead atoms. The van der Waals surface area contributed by atoms with Crippen LogP contribution in [0.2, 0.25) is 0 Å². The predicted octanol–water partition coefficient (Wildman–Crippen LogP) is 2.55. The molecule has 136 valence electrons. The van der Waals surface area contributed by atoms with E-state index in [2.05, 4.69) is 4.98 Å². The highest BCUT2D eigenvalue weighted by Crippen LogP contribution is 2.41. The van der Waals surface area contributed by atoms with E-state index in [0.717, 1.165) is 64.9 Å². The van der Waals surface area contributed by atoms with Gasteiger partial charge in [-0.15, -0.1) is 0 Å². The van der Waals surface area contributed by atoms with Crippen molar-refractivity contribution in [1.82, 2.24) is 14.8 Å². The van der Waals surface area contributed by atoms with Crippen LogP contribution in [0.5, 0.6) is 5.88 Å². The van der Waals surface area contributed by atoms with Crippen molar-refractivity contribution in [2.45, 2.75) is 38.2 Å². The predicted molar refractivity (Wildman–Crippen MR) is 93.5 cm³/mol. The van der Waals surface area contributed by atoms with Gasteiger partial charge in [0.25, 0.3) is 0 Å². The van der Waals surface area contributed by atoms with Crippen molar-refractivity contribution in [2.75, 3.05) is 39.4 Å². The molecule has 0 radical (unpaired) electrons. The van der Waals surface area contributed by atoms with Crippen molar-refractivity contribution < 1.29 is 14.3 Å². The molecule has 3 fully saturated rings. The molecule has 25 heavy (non-hydrogen) atoms. The minimum atomic E-state index is -0.122. The first-order valence-corrected chi connectivity index (χ1v) is 9.46. The second-order valence-corrected chi connectivity index (χ2v) is 7.47. The SMILES string of the molecule is O=C(N1CCCC1)N1CC[C@H]2OCCC[C@]2(COc2ccccn2)C1. The number of likely N-dealkylation sites (tertiary alicyclic amines) is 2. The van der Waals surface area contributed by atoms with Crippen LogP contribution in [0.15, 0.2) is 24.4 Å². The van der Waals surface area contributed by atoms with Crippen LogP contribution in [0, 0.1) is 5.41 Å². The van der Waals surface area contributed by atoms with E-state index in [1.807, 2.05) is 28.0 Å². The summed E-state index contributed by atoms with van der Waals surface area (Å²) < 4.78 is 12.1. The summed E-state index contributed by atoms with van der Waals surface area (Å²) in [6.45, 7) is 4.67. The number of hydrogen-bond acceptors (Lipinski definition) is 4. The number of carbonyl (C=O) groups is 1. The lowest BCUT2D eigenvalue weighted by Gasteiger charge is -2.50. The molecule has 4 rings (SSSR count). The fourth-order valence-electron chi connectivity index (χ4n) is 4.42. The van der Waals surface area contributed by atoms with Gasteiger partial charge in [-0.2, -0.15) is 0 Å². The maximum Gasteiger partial charge on any atom is 0.320 e. The Labute approximate surface area is 149 Å². The van der Waals surface area contributed by atoms with E-state index in [0.29, 0.717) is 12.5 Å². The van der Waals surface area contributed by atoms with Crippen LogP contribution in [0.4, 0.5) is 4.79 Å². The van der Waals surface area contributed by atoms with Gasteiger partial charge in [0, 0.05) is 50.5 Å². The first-order chi connectivity index (χ1) is 12.3. The maximum absolute atomic E-state index is 12.8. The number of ether oxygens (including phenoxy) is 2. The molecule has 0 unspecified atom stereocenters. The molecule has 6 heteroatoms. The lowest BCUT2D eigenvalue weighted by Crippen LogP contribution is -2.60. The molecular formula is C19H27N3O3. The summed E-state index contributed by atoms with van der Waals surface area (Å²) in [5.41, 5.74) is -0.122. The Morgan fingerprint density at radius 2 is 2.12 bits per heavy atom. The molecule has 4 heterocycles. The Bertz CT molecular complexity index is 591. The summed E-state index contributed by atoms with van der Waals surface area (Å²) in [5, 5.41) is 0. The van der Waals surface area contributed by atoms with Gasteiger partial charge in [-0.25, -0.2) is 9.78 Å². The summed E-state index contributed by atoms with van der Waals surface area (Å²) >= 11 is 0. The molecule has 0 N–H and O–H groups in total. The molecule has 0 aliphatic carbocycles. The van der Waals surface area contributed by atoms with Crippen molar-refractivity contribution in [2.24, 2.45) is 5.41 Å². The Kier molecular flexibility index (Phi) is 4.79. The highest BCUT2D eigenvalue weighted by molar-refractivity contribution is 5.75. The van der Waals surface area contributed by atoms with E-state index in [1.165, 1.54) is 0 Å².